The van der Waals surface area contributed by atoms with Gasteiger partial charge in [-0.05, 0) is 20.8 Å². The zero-order valence-corrected chi connectivity index (χ0v) is 16.1. The molecule has 0 atom stereocenters. The number of nitrogens with one attached hydrogen (secondary N) is 1. The second kappa shape index (κ2) is 7.96. The average Bonchev–Trinajstić information content (AvgIpc) is 3.12. The number of thiazole rings is 1. The molecule has 1 N–H and O–H groups in total. The molecule has 3 heterocycles. The summed E-state index contributed by atoms with van der Waals surface area (Å²) < 4.78 is 4.93. The van der Waals surface area contributed by atoms with Gasteiger partial charge in [-0.2, -0.15) is 0 Å². The lowest BCUT2D eigenvalue weighted by atomic mass is 10.2. The summed E-state index contributed by atoms with van der Waals surface area (Å²) in [5.74, 6) is 1.04. The number of aryl methyl sites for hydroxylation is 3. The van der Waals surface area contributed by atoms with E-state index < -0.39 is 0 Å². The standard InChI is InChI=1S/C17H23N5O3S/c1-11-8-15(20-25-11)19-16(23)10-21-4-6-22(7-5-21)17(24)9-14-12(2)26-13(3)18-14/h8H,4-7,9-10H2,1-3H3,(H,19,20,23). The van der Waals surface area contributed by atoms with E-state index in [2.05, 4.69) is 15.5 Å². The first-order valence-corrected chi connectivity index (χ1v) is 9.38. The fourth-order valence-corrected chi connectivity index (χ4v) is 3.79. The van der Waals surface area contributed by atoms with Gasteiger partial charge in [-0.1, -0.05) is 5.16 Å². The molecule has 1 fully saturated rings. The van der Waals surface area contributed by atoms with E-state index in [4.69, 9.17) is 4.52 Å². The molecule has 0 spiro atoms. The first-order chi connectivity index (χ1) is 12.4. The number of amides is 2. The Morgan fingerprint density at radius 1 is 1.23 bits per heavy atom. The van der Waals surface area contributed by atoms with Gasteiger partial charge >= 0.3 is 0 Å². The molecule has 3 rings (SSSR count). The van der Waals surface area contributed by atoms with E-state index >= 15 is 0 Å². The molecule has 2 amide bonds. The van der Waals surface area contributed by atoms with Crippen molar-refractivity contribution in [2.45, 2.75) is 27.2 Å². The number of carbonyl (C=O) groups is 2. The van der Waals surface area contributed by atoms with Crippen LogP contribution in [0.2, 0.25) is 0 Å². The van der Waals surface area contributed by atoms with Gasteiger partial charge in [-0.3, -0.25) is 14.5 Å². The highest BCUT2D eigenvalue weighted by molar-refractivity contribution is 7.11. The third-order valence-electron chi connectivity index (χ3n) is 4.31. The predicted molar refractivity (Wildman–Crippen MR) is 98.2 cm³/mol. The molecule has 0 bridgehead atoms. The van der Waals surface area contributed by atoms with Crippen molar-refractivity contribution in [3.8, 4) is 0 Å². The highest BCUT2D eigenvalue weighted by Crippen LogP contribution is 2.18. The maximum absolute atomic E-state index is 12.5. The van der Waals surface area contributed by atoms with E-state index in [9.17, 15) is 9.59 Å². The lowest BCUT2D eigenvalue weighted by molar-refractivity contribution is -0.132. The maximum atomic E-state index is 12.5. The van der Waals surface area contributed by atoms with Crippen molar-refractivity contribution in [3.05, 3.63) is 27.4 Å². The van der Waals surface area contributed by atoms with E-state index in [-0.39, 0.29) is 18.4 Å². The maximum Gasteiger partial charge on any atom is 0.239 e. The topological polar surface area (TPSA) is 91.6 Å². The second-order valence-corrected chi connectivity index (χ2v) is 7.85. The normalized spacial score (nSPS) is 15.3. The lowest BCUT2D eigenvalue weighted by Crippen LogP contribution is -2.50. The molecule has 2 aromatic rings. The quantitative estimate of drug-likeness (QED) is 0.846. The van der Waals surface area contributed by atoms with Crippen molar-refractivity contribution < 1.29 is 14.1 Å². The Labute approximate surface area is 156 Å². The minimum absolute atomic E-state index is 0.0978. The van der Waals surface area contributed by atoms with Crippen LogP contribution in [0.25, 0.3) is 0 Å². The molecule has 8 nitrogen and oxygen atoms in total. The van der Waals surface area contributed by atoms with Crippen LogP contribution in [-0.2, 0) is 16.0 Å². The molecule has 1 aliphatic rings. The van der Waals surface area contributed by atoms with Gasteiger partial charge in [0.2, 0.25) is 11.8 Å². The van der Waals surface area contributed by atoms with Crippen LogP contribution in [0.1, 0.15) is 21.3 Å². The molecular weight excluding hydrogens is 354 g/mol. The Kier molecular flexibility index (Phi) is 5.67. The van der Waals surface area contributed by atoms with Gasteiger partial charge in [0.25, 0.3) is 0 Å². The monoisotopic (exact) mass is 377 g/mol. The molecule has 0 aliphatic carbocycles. The van der Waals surface area contributed by atoms with Crippen molar-refractivity contribution in [2.75, 3.05) is 38.0 Å². The summed E-state index contributed by atoms with van der Waals surface area (Å²) in [4.78, 5) is 34.0. The van der Waals surface area contributed by atoms with Crippen molar-refractivity contribution in [3.63, 3.8) is 0 Å². The van der Waals surface area contributed by atoms with Crippen LogP contribution < -0.4 is 5.32 Å². The highest BCUT2D eigenvalue weighted by atomic mass is 32.1. The Hall–Kier alpha value is -2.26. The molecule has 9 heteroatoms. The minimum atomic E-state index is -0.133. The van der Waals surface area contributed by atoms with Gasteiger partial charge in [-0.25, -0.2) is 4.98 Å². The van der Waals surface area contributed by atoms with Crippen molar-refractivity contribution in [1.29, 1.82) is 0 Å². The van der Waals surface area contributed by atoms with Crippen molar-refractivity contribution in [2.24, 2.45) is 0 Å². The number of anilines is 1. The third kappa shape index (κ3) is 4.67. The molecule has 1 saturated heterocycles. The third-order valence-corrected chi connectivity index (χ3v) is 5.23. The number of rotatable bonds is 5. The fourth-order valence-electron chi connectivity index (χ4n) is 2.96. The molecule has 0 saturated carbocycles. The summed E-state index contributed by atoms with van der Waals surface area (Å²) in [5, 5.41) is 7.45. The van der Waals surface area contributed by atoms with Gasteiger partial charge in [0.1, 0.15) is 5.76 Å². The van der Waals surface area contributed by atoms with Crippen LogP contribution >= 0.6 is 11.3 Å². The first-order valence-electron chi connectivity index (χ1n) is 8.57. The number of hydrogen-bond acceptors (Lipinski definition) is 7. The Bertz CT molecular complexity index is 792. The van der Waals surface area contributed by atoms with Crippen LogP contribution in [0.5, 0.6) is 0 Å². The molecule has 0 radical (unpaired) electrons. The minimum Gasteiger partial charge on any atom is -0.360 e. The zero-order valence-electron chi connectivity index (χ0n) is 15.2. The number of piperazine rings is 1. The van der Waals surface area contributed by atoms with E-state index in [1.807, 2.05) is 23.6 Å². The van der Waals surface area contributed by atoms with Gasteiger partial charge in [-0.15, -0.1) is 11.3 Å². The van der Waals surface area contributed by atoms with Gasteiger partial charge in [0.15, 0.2) is 5.82 Å². The van der Waals surface area contributed by atoms with Gasteiger partial charge in [0, 0.05) is 37.1 Å². The molecular formula is C17H23N5O3S. The summed E-state index contributed by atoms with van der Waals surface area (Å²) in [5.41, 5.74) is 0.877. The van der Waals surface area contributed by atoms with E-state index in [1.165, 1.54) is 0 Å². The molecule has 0 unspecified atom stereocenters. The highest BCUT2D eigenvalue weighted by Gasteiger charge is 2.23. The number of nitrogens with zero attached hydrogens (tertiary/aromatic N) is 4. The van der Waals surface area contributed by atoms with Crippen LogP contribution in [0.15, 0.2) is 10.6 Å². The van der Waals surface area contributed by atoms with Crippen LogP contribution in [0, 0.1) is 20.8 Å². The first kappa shape index (κ1) is 18.5. The molecule has 1 aliphatic heterocycles. The molecule has 2 aromatic heterocycles. The molecule has 0 aromatic carbocycles. The van der Waals surface area contributed by atoms with E-state index in [1.54, 1.807) is 24.3 Å². The van der Waals surface area contributed by atoms with Gasteiger partial charge < -0.3 is 14.7 Å². The van der Waals surface area contributed by atoms with Crippen LogP contribution in [-0.4, -0.2) is 64.5 Å². The summed E-state index contributed by atoms with van der Waals surface area (Å²) in [6.07, 6.45) is 0.349. The number of hydrogen-bond donors (Lipinski definition) is 1. The van der Waals surface area contributed by atoms with Crippen LogP contribution in [0.4, 0.5) is 5.82 Å². The summed E-state index contributed by atoms with van der Waals surface area (Å²) in [7, 11) is 0. The average molecular weight is 377 g/mol. The fraction of sp³-hybridized carbons (Fsp3) is 0.529. The lowest BCUT2D eigenvalue weighted by Gasteiger charge is -2.34. The Balaban J connectivity index is 1.44. The van der Waals surface area contributed by atoms with Crippen LogP contribution in [0.3, 0.4) is 0 Å². The summed E-state index contributed by atoms with van der Waals surface area (Å²) >= 11 is 1.62. The molecule has 26 heavy (non-hydrogen) atoms. The van der Waals surface area contributed by atoms with E-state index in [0.29, 0.717) is 44.2 Å². The number of aromatic nitrogens is 2. The van der Waals surface area contributed by atoms with Crippen molar-refractivity contribution in [1.82, 2.24) is 19.9 Å². The van der Waals surface area contributed by atoms with Gasteiger partial charge in [0.05, 0.1) is 23.7 Å². The summed E-state index contributed by atoms with van der Waals surface area (Å²) in [6, 6.07) is 1.68. The molecule has 140 valence electrons. The smallest absolute Gasteiger partial charge is 0.239 e. The largest absolute Gasteiger partial charge is 0.360 e. The summed E-state index contributed by atoms with van der Waals surface area (Å²) in [6.45, 7) is 8.59. The SMILES string of the molecule is Cc1cc(NC(=O)CN2CCN(C(=O)Cc3nc(C)sc3C)CC2)no1. The number of carbonyl (C=O) groups excluding carboxylic acids is 2. The zero-order chi connectivity index (χ0) is 18.7. The second-order valence-electron chi connectivity index (χ2n) is 6.44. The Morgan fingerprint density at radius 3 is 2.54 bits per heavy atom. The predicted octanol–water partition coefficient (Wildman–Crippen LogP) is 1.38. The van der Waals surface area contributed by atoms with E-state index in [0.717, 1.165) is 15.6 Å². The van der Waals surface area contributed by atoms with Crippen molar-refractivity contribution >= 4 is 29.0 Å². The Morgan fingerprint density at radius 2 is 1.96 bits per heavy atom.